The van der Waals surface area contributed by atoms with E-state index in [0.29, 0.717) is 6.61 Å². The molecule has 80 valence electrons. The number of hydrogen-bond acceptors (Lipinski definition) is 3. The Labute approximate surface area is 88.7 Å². The van der Waals surface area contributed by atoms with Crippen LogP contribution in [0, 0.1) is 0 Å². The first-order valence-corrected chi connectivity index (χ1v) is 5.61. The van der Waals surface area contributed by atoms with Crippen LogP contribution in [0.4, 0.5) is 0 Å². The number of carbonyl (C=O) groups excluding carboxylic acids is 1. The summed E-state index contributed by atoms with van der Waals surface area (Å²) in [5.74, 6) is -0.418. The molecule has 0 N–H and O–H groups in total. The van der Waals surface area contributed by atoms with Crippen molar-refractivity contribution in [2.24, 2.45) is 0 Å². The molecule has 1 spiro atoms. The maximum Gasteiger partial charge on any atom is 0.168 e. The fraction of sp³-hybridized carbons (Fsp3) is 0.900. The lowest BCUT2D eigenvalue weighted by molar-refractivity contribution is -0.186. The molecule has 0 aromatic rings. The third kappa shape index (κ3) is 1.95. The van der Waals surface area contributed by atoms with Gasteiger partial charge in [-0.3, -0.25) is 0 Å². The summed E-state index contributed by atoms with van der Waals surface area (Å²) < 4.78 is 11.4. The molecule has 2 atom stereocenters. The number of hydrogen-bond donors (Lipinski definition) is 0. The molecule has 0 amide bonds. The van der Waals surface area contributed by atoms with E-state index < -0.39 is 11.2 Å². The van der Waals surface area contributed by atoms with Gasteiger partial charge in [-0.1, -0.05) is 6.42 Å². The smallest absolute Gasteiger partial charge is 0.168 e. The molecule has 2 unspecified atom stereocenters. The van der Waals surface area contributed by atoms with Crippen molar-refractivity contribution >= 4 is 17.9 Å². The third-order valence-corrected chi connectivity index (χ3v) is 3.36. The zero-order chi connectivity index (χ0) is 10.0. The normalized spacial score (nSPS) is 33.1. The molecule has 1 aliphatic heterocycles. The Balaban J connectivity index is 1.95. The Morgan fingerprint density at radius 1 is 1.36 bits per heavy atom. The standard InChI is InChI=1S/C10H15ClO3/c11-8(6-12)9-7-13-10(14-9)4-2-1-3-5-10/h6,8-9H,1-5,7H2. The minimum absolute atomic E-state index is 0.257. The molecule has 2 fully saturated rings. The molecule has 0 bridgehead atoms. The van der Waals surface area contributed by atoms with Gasteiger partial charge in [-0.05, 0) is 12.8 Å². The number of rotatable bonds is 2. The molecule has 14 heavy (non-hydrogen) atoms. The fourth-order valence-corrected chi connectivity index (χ4v) is 2.30. The molecule has 1 aliphatic carbocycles. The average Bonchev–Trinajstić information content (AvgIpc) is 2.62. The second-order valence-electron chi connectivity index (χ2n) is 4.02. The average molecular weight is 219 g/mol. The van der Waals surface area contributed by atoms with Crippen LogP contribution >= 0.6 is 11.6 Å². The van der Waals surface area contributed by atoms with Gasteiger partial charge < -0.3 is 14.3 Å². The first-order valence-electron chi connectivity index (χ1n) is 5.17. The monoisotopic (exact) mass is 218 g/mol. The van der Waals surface area contributed by atoms with Crippen molar-refractivity contribution in [1.29, 1.82) is 0 Å². The van der Waals surface area contributed by atoms with Crippen LogP contribution in [0.3, 0.4) is 0 Å². The Hall–Kier alpha value is -0.120. The lowest BCUT2D eigenvalue weighted by Crippen LogP contribution is -2.35. The number of ether oxygens (including phenoxy) is 2. The van der Waals surface area contributed by atoms with E-state index >= 15 is 0 Å². The molecular formula is C10H15ClO3. The number of aldehydes is 1. The van der Waals surface area contributed by atoms with Crippen LogP contribution in [-0.2, 0) is 14.3 Å². The van der Waals surface area contributed by atoms with Gasteiger partial charge in [0.1, 0.15) is 17.8 Å². The van der Waals surface area contributed by atoms with Crippen LogP contribution in [0.2, 0.25) is 0 Å². The van der Waals surface area contributed by atoms with Crippen LogP contribution < -0.4 is 0 Å². The van der Waals surface area contributed by atoms with Gasteiger partial charge >= 0.3 is 0 Å². The minimum atomic E-state index is -0.573. The van der Waals surface area contributed by atoms with Gasteiger partial charge in [0, 0.05) is 12.8 Å². The summed E-state index contributed by atoms with van der Waals surface area (Å²) in [6, 6.07) is 0. The Kier molecular flexibility index (Phi) is 3.10. The van der Waals surface area contributed by atoms with E-state index in [1.54, 1.807) is 0 Å². The van der Waals surface area contributed by atoms with Crippen LogP contribution in [0.5, 0.6) is 0 Å². The maximum atomic E-state index is 10.5. The van der Waals surface area contributed by atoms with E-state index in [-0.39, 0.29) is 6.10 Å². The molecule has 0 aromatic carbocycles. The first kappa shape index (κ1) is 10.4. The van der Waals surface area contributed by atoms with Crippen molar-refractivity contribution in [2.75, 3.05) is 6.61 Å². The molecule has 1 saturated heterocycles. The van der Waals surface area contributed by atoms with Gasteiger partial charge in [0.2, 0.25) is 0 Å². The van der Waals surface area contributed by atoms with E-state index in [1.165, 1.54) is 6.42 Å². The lowest BCUT2D eigenvalue weighted by Gasteiger charge is -2.31. The summed E-state index contributed by atoms with van der Waals surface area (Å²) in [6.07, 6.45) is 5.86. The molecular weight excluding hydrogens is 204 g/mol. The first-order chi connectivity index (χ1) is 6.76. The zero-order valence-electron chi connectivity index (χ0n) is 8.08. The number of alkyl halides is 1. The second kappa shape index (κ2) is 4.17. The van der Waals surface area contributed by atoms with Crippen molar-refractivity contribution in [3.05, 3.63) is 0 Å². The highest BCUT2D eigenvalue weighted by molar-refractivity contribution is 6.28. The molecule has 0 radical (unpaired) electrons. The van der Waals surface area contributed by atoms with E-state index in [0.717, 1.165) is 32.0 Å². The van der Waals surface area contributed by atoms with Crippen LogP contribution in [-0.4, -0.2) is 30.2 Å². The van der Waals surface area contributed by atoms with Gasteiger partial charge in [0.25, 0.3) is 0 Å². The van der Waals surface area contributed by atoms with E-state index in [4.69, 9.17) is 21.1 Å². The third-order valence-electron chi connectivity index (χ3n) is 2.98. The molecule has 4 heteroatoms. The molecule has 2 rings (SSSR count). The zero-order valence-corrected chi connectivity index (χ0v) is 8.83. The van der Waals surface area contributed by atoms with E-state index in [1.807, 2.05) is 0 Å². The minimum Gasteiger partial charge on any atom is -0.347 e. The SMILES string of the molecule is O=CC(Cl)C1COC2(CCCCC2)O1. The highest BCUT2D eigenvalue weighted by Crippen LogP contribution is 2.38. The maximum absolute atomic E-state index is 10.5. The largest absolute Gasteiger partial charge is 0.347 e. The van der Waals surface area contributed by atoms with Gasteiger partial charge in [0.15, 0.2) is 5.79 Å². The topological polar surface area (TPSA) is 35.5 Å². The summed E-state index contributed by atoms with van der Waals surface area (Å²) in [4.78, 5) is 10.5. The van der Waals surface area contributed by atoms with Gasteiger partial charge in [-0.2, -0.15) is 0 Å². The summed E-state index contributed by atoms with van der Waals surface area (Å²) in [6.45, 7) is 0.451. The Morgan fingerprint density at radius 2 is 2.07 bits per heavy atom. The summed E-state index contributed by atoms with van der Waals surface area (Å²) in [7, 11) is 0. The molecule has 0 aromatic heterocycles. The Morgan fingerprint density at radius 3 is 2.71 bits per heavy atom. The van der Waals surface area contributed by atoms with Crippen LogP contribution in [0.25, 0.3) is 0 Å². The summed E-state index contributed by atoms with van der Waals surface area (Å²) in [5.41, 5.74) is 0. The fourth-order valence-electron chi connectivity index (χ4n) is 2.18. The van der Waals surface area contributed by atoms with Crippen LogP contribution in [0.1, 0.15) is 32.1 Å². The molecule has 2 aliphatic rings. The highest BCUT2D eigenvalue weighted by Gasteiger charge is 2.44. The lowest BCUT2D eigenvalue weighted by atomic mass is 9.94. The number of halogens is 1. The van der Waals surface area contributed by atoms with Crippen LogP contribution in [0.15, 0.2) is 0 Å². The van der Waals surface area contributed by atoms with Crippen molar-refractivity contribution in [1.82, 2.24) is 0 Å². The second-order valence-corrected chi connectivity index (χ2v) is 4.52. The summed E-state index contributed by atoms with van der Waals surface area (Å²) >= 11 is 5.80. The van der Waals surface area contributed by atoms with E-state index in [2.05, 4.69) is 0 Å². The van der Waals surface area contributed by atoms with Crippen molar-refractivity contribution in [3.63, 3.8) is 0 Å². The van der Waals surface area contributed by atoms with Crippen molar-refractivity contribution in [3.8, 4) is 0 Å². The van der Waals surface area contributed by atoms with Gasteiger partial charge in [0.05, 0.1) is 6.61 Å². The highest BCUT2D eigenvalue weighted by atomic mass is 35.5. The predicted molar refractivity (Wildman–Crippen MR) is 52.3 cm³/mol. The van der Waals surface area contributed by atoms with Crippen molar-refractivity contribution in [2.45, 2.75) is 49.4 Å². The van der Waals surface area contributed by atoms with Crippen molar-refractivity contribution < 1.29 is 14.3 Å². The van der Waals surface area contributed by atoms with Gasteiger partial charge in [-0.15, -0.1) is 11.6 Å². The molecule has 1 saturated carbocycles. The Bertz CT molecular complexity index is 213. The summed E-state index contributed by atoms with van der Waals surface area (Å²) in [5, 5.41) is -0.573. The van der Waals surface area contributed by atoms with Gasteiger partial charge in [-0.25, -0.2) is 0 Å². The molecule has 1 heterocycles. The predicted octanol–water partition coefficient (Wildman–Crippen LogP) is 1.87. The molecule has 3 nitrogen and oxygen atoms in total. The van der Waals surface area contributed by atoms with E-state index in [9.17, 15) is 4.79 Å². The quantitative estimate of drug-likeness (QED) is 0.524. The number of carbonyl (C=O) groups is 1.